The van der Waals surface area contributed by atoms with E-state index in [9.17, 15) is 19.8 Å². The Morgan fingerprint density at radius 3 is 2.47 bits per heavy atom. The van der Waals surface area contributed by atoms with Gasteiger partial charge in [0.25, 0.3) is 0 Å². The van der Waals surface area contributed by atoms with E-state index in [1.807, 2.05) is 24.3 Å². The Balaban J connectivity index is 1.28. The molecule has 1 saturated carbocycles. The van der Waals surface area contributed by atoms with E-state index >= 15 is 0 Å². The van der Waals surface area contributed by atoms with Crippen molar-refractivity contribution < 1.29 is 67.3 Å². The van der Waals surface area contributed by atoms with Gasteiger partial charge in [-0.05, 0) is 104 Å². The van der Waals surface area contributed by atoms with Crippen molar-refractivity contribution in [1.82, 2.24) is 4.90 Å². The van der Waals surface area contributed by atoms with E-state index in [0.717, 1.165) is 42.4 Å². The Kier molecular flexibility index (Phi) is 16.0. The summed E-state index contributed by atoms with van der Waals surface area (Å²) in [5.74, 6) is 0.139. The average Bonchev–Trinajstić information content (AvgIpc) is 3.84. The first-order chi connectivity index (χ1) is 33.2. The molecule has 8 rings (SSSR count). The molecule has 0 bridgehead atoms. The van der Waals surface area contributed by atoms with Gasteiger partial charge in [0.2, 0.25) is 18.9 Å². The number of hydrogen-bond acceptors (Lipinski definition) is 15. The molecule has 0 spiro atoms. The molecule has 3 N–H and O–H groups in total. The van der Waals surface area contributed by atoms with Crippen LogP contribution in [0, 0.1) is 17.8 Å². The molecule has 7 atom stereocenters. The van der Waals surface area contributed by atoms with Crippen LogP contribution in [0.4, 0.5) is 15.3 Å². The first-order valence-electron chi connectivity index (χ1n) is 23.5. The van der Waals surface area contributed by atoms with Gasteiger partial charge in [0.05, 0.1) is 51.9 Å². The van der Waals surface area contributed by atoms with Crippen LogP contribution < -0.4 is 33.7 Å². The molecule has 366 valence electrons. The minimum Gasteiger partial charge on any atom is -0.497 e. The van der Waals surface area contributed by atoms with Gasteiger partial charge in [0.1, 0.15) is 29.0 Å². The highest BCUT2D eigenvalue weighted by atomic mass is 16.8. The summed E-state index contributed by atoms with van der Waals surface area (Å²) >= 11 is 0. The highest BCUT2D eigenvalue weighted by Gasteiger charge is 2.66. The lowest BCUT2D eigenvalue weighted by Gasteiger charge is -2.59. The monoisotopic (exact) mass is 941 g/mol. The minimum atomic E-state index is -1.57. The van der Waals surface area contributed by atoms with Crippen LogP contribution in [0.5, 0.6) is 34.5 Å². The molecule has 2 amide bonds. The molecule has 17 heteroatoms. The van der Waals surface area contributed by atoms with Gasteiger partial charge in [-0.3, -0.25) is 10.2 Å². The number of hydrogen-bond donors (Lipinski definition) is 3. The molecule has 3 aromatic rings. The average molecular weight is 942 g/mol. The minimum absolute atomic E-state index is 0.0304. The van der Waals surface area contributed by atoms with Crippen molar-refractivity contribution in [3.8, 4) is 34.5 Å². The Morgan fingerprint density at radius 1 is 0.926 bits per heavy atom. The second-order valence-electron chi connectivity index (χ2n) is 17.5. The van der Waals surface area contributed by atoms with Gasteiger partial charge in [0.15, 0.2) is 11.5 Å². The van der Waals surface area contributed by atoms with Crippen molar-refractivity contribution in [3.63, 3.8) is 0 Å². The molecule has 68 heavy (non-hydrogen) atoms. The first-order valence-corrected chi connectivity index (χ1v) is 23.5. The second kappa shape index (κ2) is 22.4. The predicted octanol–water partition coefficient (Wildman–Crippen LogP) is 8.47. The van der Waals surface area contributed by atoms with E-state index in [1.165, 1.54) is 14.2 Å². The third-order valence-corrected chi connectivity index (χ3v) is 13.5. The van der Waals surface area contributed by atoms with E-state index in [1.54, 1.807) is 48.4 Å². The Bertz CT molecular complexity index is 2310. The summed E-state index contributed by atoms with van der Waals surface area (Å²) in [4.78, 5) is 36.0. The van der Waals surface area contributed by atoms with Crippen LogP contribution in [-0.2, 0) is 25.6 Å². The molecule has 1 unspecified atom stereocenters. The third kappa shape index (κ3) is 10.4. The lowest BCUT2D eigenvalue weighted by Crippen LogP contribution is -2.70. The highest BCUT2D eigenvalue weighted by Crippen LogP contribution is 2.62. The van der Waals surface area contributed by atoms with Gasteiger partial charge in [-0.25, -0.2) is 9.59 Å². The quantitative estimate of drug-likeness (QED) is 0.0555. The number of benzene rings is 3. The summed E-state index contributed by atoms with van der Waals surface area (Å²) < 4.78 is 54.2. The number of fused-ring (bicyclic) bond motifs is 3. The van der Waals surface area contributed by atoms with Crippen LogP contribution in [-0.4, -0.2) is 106 Å². The molecule has 5 aliphatic rings. The number of nitrogens with one attached hydrogen (secondary N) is 1. The number of aliphatic hydroxyl groups is 2. The maximum atomic E-state index is 14.4. The number of anilines is 1. The Hall–Kier alpha value is -6.01. The van der Waals surface area contributed by atoms with Crippen molar-refractivity contribution >= 4 is 23.6 Å². The van der Waals surface area contributed by atoms with Crippen molar-refractivity contribution in [2.24, 2.45) is 22.9 Å². The van der Waals surface area contributed by atoms with Crippen molar-refractivity contribution in [3.05, 3.63) is 90.0 Å². The maximum Gasteiger partial charge on any atom is 0.417 e. The number of nitrogens with zero attached hydrogens (tertiary/aromatic N) is 2. The molecule has 3 aromatic carbocycles. The maximum absolute atomic E-state index is 14.4. The van der Waals surface area contributed by atoms with Gasteiger partial charge in [-0.1, -0.05) is 36.2 Å². The number of oxime groups is 1. The van der Waals surface area contributed by atoms with E-state index < -0.39 is 42.1 Å². The number of rotatable bonds is 20. The standard InChI is InChI=1S/C51H63N3O14/c1-5-23-65-51-45(54(50(58)61-4)30-32-15-19-42-44(25-32)64-31-63-42)29-40(53-68-46-14-8-11-24-62-46)37-26-33(12-6-9-21-55)36(13-7-10-22-56)47(48(37)51)38-27-35(17-20-41(38)67-51)66-49(57)52-39-18-16-34(59-2)28-43(39)60-3/h5,15-20,25-28,33,36,45-48,55-56H,1,6-14,21-24,29-31H2,2-4H3,(H,52,57)/t33-,36+,45-,46?,47+,48+,51+/m0/s1. The molecule has 2 aliphatic carbocycles. The SMILES string of the molecule is C=CCO[C@@]12Oc3ccc(OC(=O)Nc4ccc(OC)cc4OC)cc3[C@H]3[C@H](CCCCO)[C@@H](CCCCO)C=C(C(=NOC4CCCCO4)C[C@@H]1N(Cc1ccc4c(c1)OCO4)C(=O)OC)[C@H]32. The number of carbonyl (C=O) groups is 2. The second-order valence-corrected chi connectivity index (χ2v) is 17.5. The number of amides is 2. The summed E-state index contributed by atoms with van der Waals surface area (Å²) in [6.07, 6.45) is 8.80. The number of methoxy groups -OCH3 is 3. The Morgan fingerprint density at radius 2 is 1.72 bits per heavy atom. The van der Waals surface area contributed by atoms with Gasteiger partial charge in [-0.15, -0.1) is 6.58 Å². The van der Waals surface area contributed by atoms with Gasteiger partial charge in [0, 0.05) is 50.1 Å². The van der Waals surface area contributed by atoms with Crippen LogP contribution in [0.3, 0.4) is 0 Å². The summed E-state index contributed by atoms with van der Waals surface area (Å²) in [6, 6.07) is 15.0. The molecule has 0 radical (unpaired) electrons. The molecule has 2 fully saturated rings. The molecule has 0 aromatic heterocycles. The van der Waals surface area contributed by atoms with E-state index in [4.69, 9.17) is 52.6 Å². The molecule has 17 nitrogen and oxygen atoms in total. The number of aliphatic hydroxyl groups excluding tert-OH is 2. The molecule has 3 heterocycles. The summed E-state index contributed by atoms with van der Waals surface area (Å²) in [6.45, 7) is 4.89. The first kappa shape index (κ1) is 48.4. The fraction of sp³-hybridized carbons (Fsp3) is 0.510. The lowest BCUT2D eigenvalue weighted by atomic mass is 9.55. The number of allylic oxidation sites excluding steroid dienone is 1. The van der Waals surface area contributed by atoms with Crippen LogP contribution in [0.25, 0.3) is 0 Å². The summed E-state index contributed by atoms with van der Waals surface area (Å²) in [5, 5.41) is 27.7. The fourth-order valence-electron chi connectivity index (χ4n) is 10.4. The largest absolute Gasteiger partial charge is 0.497 e. The topological polar surface area (TPSA) is 195 Å². The van der Waals surface area contributed by atoms with Gasteiger partial charge < -0.3 is 57.7 Å². The smallest absolute Gasteiger partial charge is 0.417 e. The van der Waals surface area contributed by atoms with Crippen LogP contribution in [0.2, 0.25) is 0 Å². The highest BCUT2D eigenvalue weighted by molar-refractivity contribution is 6.03. The Labute approximate surface area is 396 Å². The normalized spacial score (nSPS) is 24.9. The molecule has 1 saturated heterocycles. The van der Waals surface area contributed by atoms with Gasteiger partial charge in [-0.2, -0.15) is 0 Å². The molecular formula is C51H63N3O14. The number of carbonyl (C=O) groups excluding carboxylic acids is 2. The van der Waals surface area contributed by atoms with Crippen molar-refractivity contribution in [2.45, 2.75) is 94.8 Å². The zero-order valence-corrected chi connectivity index (χ0v) is 39.0. The summed E-state index contributed by atoms with van der Waals surface area (Å²) in [5.41, 5.74) is 3.35. The van der Waals surface area contributed by atoms with E-state index in [-0.39, 0.29) is 57.2 Å². The number of ether oxygens (including phenoxy) is 9. The van der Waals surface area contributed by atoms with Crippen LogP contribution in [0.1, 0.15) is 81.3 Å². The molecular weight excluding hydrogens is 879 g/mol. The van der Waals surface area contributed by atoms with E-state index in [0.29, 0.717) is 78.9 Å². The zero-order valence-electron chi connectivity index (χ0n) is 39.0. The molecule has 3 aliphatic heterocycles. The van der Waals surface area contributed by atoms with Gasteiger partial charge >= 0.3 is 12.2 Å². The van der Waals surface area contributed by atoms with Crippen LogP contribution >= 0.6 is 0 Å². The lowest BCUT2D eigenvalue weighted by molar-refractivity contribution is -0.256. The van der Waals surface area contributed by atoms with E-state index in [2.05, 4.69) is 18.0 Å². The van der Waals surface area contributed by atoms with Crippen molar-refractivity contribution in [1.29, 1.82) is 0 Å². The fourth-order valence-corrected chi connectivity index (χ4v) is 10.4. The summed E-state index contributed by atoms with van der Waals surface area (Å²) in [7, 11) is 4.39. The van der Waals surface area contributed by atoms with Crippen molar-refractivity contribution in [2.75, 3.05) is 59.9 Å². The number of unbranched alkanes of at least 4 members (excludes halogenated alkanes) is 2. The predicted molar refractivity (Wildman–Crippen MR) is 249 cm³/mol. The van der Waals surface area contributed by atoms with Crippen LogP contribution in [0.15, 0.2) is 84.1 Å². The zero-order chi connectivity index (χ0) is 47.6. The third-order valence-electron chi connectivity index (χ3n) is 13.5.